The van der Waals surface area contributed by atoms with Crippen molar-refractivity contribution in [1.82, 2.24) is 4.90 Å². The predicted molar refractivity (Wildman–Crippen MR) is 135 cm³/mol. The minimum Gasteiger partial charge on any atom is -0.478 e. The summed E-state index contributed by atoms with van der Waals surface area (Å²) in [5.41, 5.74) is 3.36. The summed E-state index contributed by atoms with van der Waals surface area (Å²) in [4.78, 5) is 17.0. The topological polar surface area (TPSA) is 90.0 Å². The molecule has 7 nitrogen and oxygen atoms in total. The van der Waals surface area contributed by atoms with Gasteiger partial charge in [-0.15, -0.1) is 0 Å². The minimum absolute atomic E-state index is 0.124. The SMILES string of the molecule is Cc1cc(C)c(S(=O)(=O)Nc2ccc(N3CCC[C@H](CN4CCCC4)C3)c(C(=O)O)c2)c(C)c1. The highest BCUT2D eigenvalue weighted by Crippen LogP contribution is 2.31. The van der Waals surface area contributed by atoms with Crippen LogP contribution in [0.2, 0.25) is 0 Å². The molecule has 184 valence electrons. The molecule has 2 N–H and O–H groups in total. The maximum atomic E-state index is 13.2. The van der Waals surface area contributed by atoms with Crippen LogP contribution in [-0.4, -0.2) is 57.1 Å². The van der Waals surface area contributed by atoms with E-state index in [1.807, 2.05) is 19.1 Å². The van der Waals surface area contributed by atoms with Crippen LogP contribution in [0.1, 0.15) is 52.7 Å². The van der Waals surface area contributed by atoms with E-state index in [0.717, 1.165) is 51.1 Å². The quantitative estimate of drug-likeness (QED) is 0.603. The Bertz CT molecular complexity index is 1150. The standard InChI is InChI=1S/C26H35N3O4S/c1-18-13-19(2)25(20(3)14-18)34(32,33)27-22-8-9-24(23(15-22)26(30)31)29-12-6-7-21(17-29)16-28-10-4-5-11-28/h8-9,13-15,21,27H,4-7,10-12,16-17H2,1-3H3,(H,30,31)/t21-/m1/s1. The summed E-state index contributed by atoms with van der Waals surface area (Å²) >= 11 is 0. The van der Waals surface area contributed by atoms with Gasteiger partial charge in [0.1, 0.15) is 0 Å². The molecule has 34 heavy (non-hydrogen) atoms. The zero-order valence-electron chi connectivity index (χ0n) is 20.3. The maximum Gasteiger partial charge on any atom is 0.337 e. The molecule has 2 fully saturated rings. The molecule has 2 aliphatic heterocycles. The van der Waals surface area contributed by atoms with E-state index in [-0.39, 0.29) is 16.1 Å². The van der Waals surface area contributed by atoms with Crippen molar-refractivity contribution in [3.05, 3.63) is 52.6 Å². The first-order valence-corrected chi connectivity index (χ1v) is 13.6. The number of hydrogen-bond donors (Lipinski definition) is 2. The number of benzene rings is 2. The second-order valence-corrected chi connectivity index (χ2v) is 11.5. The molecular weight excluding hydrogens is 450 g/mol. The van der Waals surface area contributed by atoms with Crippen molar-refractivity contribution in [2.45, 2.75) is 51.3 Å². The van der Waals surface area contributed by atoms with Gasteiger partial charge in [-0.2, -0.15) is 0 Å². The van der Waals surface area contributed by atoms with E-state index in [9.17, 15) is 18.3 Å². The highest BCUT2D eigenvalue weighted by molar-refractivity contribution is 7.92. The lowest BCUT2D eigenvalue weighted by Gasteiger charge is -2.36. The Hall–Kier alpha value is -2.58. The molecule has 2 aliphatic rings. The average Bonchev–Trinajstić information content (AvgIpc) is 3.25. The molecule has 4 rings (SSSR count). The van der Waals surface area contributed by atoms with Crippen LogP contribution in [0.15, 0.2) is 35.2 Å². The fraction of sp³-hybridized carbons (Fsp3) is 0.500. The lowest BCUT2D eigenvalue weighted by molar-refractivity contribution is 0.0697. The van der Waals surface area contributed by atoms with Gasteiger partial charge in [-0.05, 0) is 94.8 Å². The van der Waals surface area contributed by atoms with E-state index >= 15 is 0 Å². The van der Waals surface area contributed by atoms with Gasteiger partial charge >= 0.3 is 5.97 Å². The number of rotatable bonds is 7. The minimum atomic E-state index is -3.86. The molecule has 2 aromatic rings. The average molecular weight is 486 g/mol. The summed E-state index contributed by atoms with van der Waals surface area (Å²) in [6.45, 7) is 10.5. The Morgan fingerprint density at radius 1 is 1.03 bits per heavy atom. The van der Waals surface area contributed by atoms with E-state index < -0.39 is 16.0 Å². The molecule has 1 atom stereocenters. The van der Waals surface area contributed by atoms with Crippen molar-refractivity contribution in [1.29, 1.82) is 0 Å². The highest BCUT2D eigenvalue weighted by Gasteiger charge is 2.27. The molecule has 0 aromatic heterocycles. The lowest BCUT2D eigenvalue weighted by Crippen LogP contribution is -2.41. The van der Waals surface area contributed by atoms with Gasteiger partial charge in [-0.25, -0.2) is 13.2 Å². The maximum absolute atomic E-state index is 13.2. The molecule has 2 saturated heterocycles. The third-order valence-corrected chi connectivity index (χ3v) is 8.61. The number of hydrogen-bond acceptors (Lipinski definition) is 5. The number of carboxylic acids is 1. The second kappa shape index (κ2) is 9.96. The van der Waals surface area contributed by atoms with Crippen molar-refractivity contribution < 1.29 is 18.3 Å². The summed E-state index contributed by atoms with van der Waals surface area (Å²) in [6, 6.07) is 8.53. The summed E-state index contributed by atoms with van der Waals surface area (Å²) in [7, 11) is -3.86. The number of nitrogens with one attached hydrogen (secondary N) is 1. The zero-order valence-corrected chi connectivity index (χ0v) is 21.1. The number of aryl methyl sites for hydroxylation is 3. The molecular formula is C26H35N3O4S. The number of aromatic carboxylic acids is 1. The fourth-order valence-corrected chi connectivity index (χ4v) is 7.11. The molecule has 2 heterocycles. The Kier molecular flexibility index (Phi) is 7.19. The number of likely N-dealkylation sites (tertiary alicyclic amines) is 1. The summed E-state index contributed by atoms with van der Waals surface area (Å²) in [5, 5.41) is 9.94. The van der Waals surface area contributed by atoms with Gasteiger partial charge in [0, 0.05) is 25.3 Å². The van der Waals surface area contributed by atoms with Crippen molar-refractivity contribution in [2.24, 2.45) is 5.92 Å². The zero-order chi connectivity index (χ0) is 24.5. The van der Waals surface area contributed by atoms with Gasteiger partial charge in [-0.1, -0.05) is 17.7 Å². The number of anilines is 2. The smallest absolute Gasteiger partial charge is 0.337 e. The van der Waals surface area contributed by atoms with Crippen LogP contribution in [0.25, 0.3) is 0 Å². The number of carbonyl (C=O) groups is 1. The van der Waals surface area contributed by atoms with E-state index in [1.165, 1.54) is 18.9 Å². The van der Waals surface area contributed by atoms with Gasteiger partial charge in [0.05, 0.1) is 16.1 Å². The van der Waals surface area contributed by atoms with Crippen LogP contribution in [-0.2, 0) is 10.0 Å². The van der Waals surface area contributed by atoms with Crippen molar-refractivity contribution in [3.63, 3.8) is 0 Å². The lowest BCUT2D eigenvalue weighted by atomic mass is 9.96. The van der Waals surface area contributed by atoms with E-state index in [0.29, 0.717) is 22.7 Å². The monoisotopic (exact) mass is 485 g/mol. The molecule has 0 unspecified atom stereocenters. The van der Waals surface area contributed by atoms with Gasteiger partial charge in [0.25, 0.3) is 10.0 Å². The van der Waals surface area contributed by atoms with Crippen molar-refractivity contribution in [2.75, 3.05) is 42.3 Å². The third kappa shape index (κ3) is 5.39. The van der Waals surface area contributed by atoms with E-state index in [1.54, 1.807) is 26.0 Å². The fourth-order valence-electron chi connectivity index (χ4n) is 5.61. The van der Waals surface area contributed by atoms with Crippen LogP contribution in [0.3, 0.4) is 0 Å². The van der Waals surface area contributed by atoms with Crippen molar-refractivity contribution >= 4 is 27.4 Å². The van der Waals surface area contributed by atoms with Crippen LogP contribution < -0.4 is 9.62 Å². The molecule has 0 spiro atoms. The first-order valence-electron chi connectivity index (χ1n) is 12.1. The first-order chi connectivity index (χ1) is 16.1. The molecule has 0 radical (unpaired) electrons. The first kappa shape index (κ1) is 24.5. The summed E-state index contributed by atoms with van der Waals surface area (Å²) in [5.74, 6) is -0.542. The van der Waals surface area contributed by atoms with Gasteiger partial charge < -0.3 is 14.9 Å². The number of nitrogens with zero attached hydrogens (tertiary/aromatic N) is 2. The van der Waals surface area contributed by atoms with Crippen LogP contribution in [0.4, 0.5) is 11.4 Å². The molecule has 0 bridgehead atoms. The second-order valence-electron chi connectivity index (χ2n) is 9.83. The van der Waals surface area contributed by atoms with Gasteiger partial charge in [0.15, 0.2) is 0 Å². The number of sulfonamides is 1. The van der Waals surface area contributed by atoms with Crippen LogP contribution in [0, 0.1) is 26.7 Å². The van der Waals surface area contributed by atoms with Crippen LogP contribution in [0.5, 0.6) is 0 Å². The van der Waals surface area contributed by atoms with Gasteiger partial charge in [-0.3, -0.25) is 4.72 Å². The number of carboxylic acid groups (broad SMARTS) is 1. The Balaban J connectivity index is 1.56. The molecule has 0 aliphatic carbocycles. The molecule has 2 aromatic carbocycles. The molecule has 8 heteroatoms. The largest absolute Gasteiger partial charge is 0.478 e. The third-order valence-electron chi connectivity index (χ3n) is 6.93. The summed E-state index contributed by atoms with van der Waals surface area (Å²) in [6.07, 6.45) is 4.71. The van der Waals surface area contributed by atoms with E-state index in [4.69, 9.17) is 0 Å². The molecule has 0 saturated carbocycles. The molecule has 0 amide bonds. The Labute approximate surface area is 202 Å². The van der Waals surface area contributed by atoms with Crippen LogP contribution >= 0.6 is 0 Å². The van der Waals surface area contributed by atoms with Crippen molar-refractivity contribution in [3.8, 4) is 0 Å². The highest BCUT2D eigenvalue weighted by atomic mass is 32.2. The Morgan fingerprint density at radius 3 is 2.35 bits per heavy atom. The predicted octanol–water partition coefficient (Wildman–Crippen LogP) is 4.42. The Morgan fingerprint density at radius 2 is 1.71 bits per heavy atom. The van der Waals surface area contributed by atoms with Gasteiger partial charge in [0.2, 0.25) is 0 Å². The number of piperidine rings is 1. The van der Waals surface area contributed by atoms with E-state index in [2.05, 4.69) is 14.5 Å². The normalized spacial score (nSPS) is 19.4. The summed E-state index contributed by atoms with van der Waals surface area (Å²) < 4.78 is 28.9.